The maximum Gasteiger partial charge on any atom is 0.0898 e. The molecule has 3 heterocycles. The lowest BCUT2D eigenvalue weighted by molar-refractivity contribution is 0.244. The van der Waals surface area contributed by atoms with Crippen LogP contribution in [0.3, 0.4) is 0 Å². The van der Waals surface area contributed by atoms with Gasteiger partial charge < -0.3 is 0 Å². The lowest BCUT2D eigenvalue weighted by atomic mass is 10.1. The molecule has 1 saturated heterocycles. The van der Waals surface area contributed by atoms with Gasteiger partial charge in [0.1, 0.15) is 0 Å². The Hall–Kier alpha value is -1.20. The Bertz CT molecular complexity index is 614. The number of nitrogens with zero attached hydrogens (tertiary/aromatic N) is 4. The van der Waals surface area contributed by atoms with Gasteiger partial charge in [0, 0.05) is 29.7 Å². The lowest BCUT2D eigenvalue weighted by Gasteiger charge is -2.22. The topological polar surface area (TPSA) is 34.0 Å². The van der Waals surface area contributed by atoms with Crippen molar-refractivity contribution in [2.24, 2.45) is 0 Å². The molecular weight excluding hydrogens is 280 g/mol. The molecule has 1 aliphatic rings. The zero-order chi connectivity index (χ0) is 15.0. The van der Waals surface area contributed by atoms with Crippen LogP contribution in [0.25, 0.3) is 0 Å². The molecule has 114 valence electrons. The van der Waals surface area contributed by atoms with E-state index in [1.165, 1.54) is 29.1 Å². The van der Waals surface area contributed by atoms with Crippen LogP contribution in [0.5, 0.6) is 0 Å². The summed E-state index contributed by atoms with van der Waals surface area (Å²) in [7, 11) is 0. The van der Waals surface area contributed by atoms with Gasteiger partial charge in [0.25, 0.3) is 0 Å². The Kier molecular flexibility index (Phi) is 4.13. The number of thiazole rings is 1. The molecule has 4 nitrogen and oxygen atoms in total. The van der Waals surface area contributed by atoms with E-state index in [0.717, 1.165) is 18.8 Å². The molecule has 2 aromatic rings. The molecule has 1 fully saturated rings. The van der Waals surface area contributed by atoms with E-state index in [1.54, 1.807) is 11.3 Å². The van der Waals surface area contributed by atoms with Crippen molar-refractivity contribution in [3.63, 3.8) is 0 Å². The highest BCUT2D eigenvalue weighted by Gasteiger charge is 2.28. The minimum absolute atomic E-state index is 0.424. The summed E-state index contributed by atoms with van der Waals surface area (Å²) in [5.74, 6) is 0. The second-order valence-corrected chi connectivity index (χ2v) is 7.30. The van der Waals surface area contributed by atoms with E-state index in [2.05, 4.69) is 54.0 Å². The van der Waals surface area contributed by atoms with E-state index >= 15 is 0 Å². The summed E-state index contributed by atoms with van der Waals surface area (Å²) < 4.78 is 2.07. The van der Waals surface area contributed by atoms with Gasteiger partial charge in [0.2, 0.25) is 0 Å². The minimum atomic E-state index is 0.424. The SMILES string of the molecule is Cc1nc(C2CCCN2Cc2cn(C(C)C)nc2C)cs1. The van der Waals surface area contributed by atoms with Crippen molar-refractivity contribution in [1.82, 2.24) is 19.7 Å². The maximum atomic E-state index is 4.70. The second-order valence-electron chi connectivity index (χ2n) is 6.23. The average Bonchev–Trinajstić information content (AvgIpc) is 3.11. The van der Waals surface area contributed by atoms with Crippen LogP contribution in [0.2, 0.25) is 0 Å². The van der Waals surface area contributed by atoms with Gasteiger partial charge in [0.05, 0.1) is 22.4 Å². The molecule has 0 aromatic carbocycles. The van der Waals surface area contributed by atoms with Gasteiger partial charge in [-0.3, -0.25) is 9.58 Å². The Morgan fingerprint density at radius 2 is 2.19 bits per heavy atom. The molecule has 2 aromatic heterocycles. The van der Waals surface area contributed by atoms with Crippen LogP contribution in [0, 0.1) is 13.8 Å². The van der Waals surface area contributed by atoms with Gasteiger partial charge in [-0.25, -0.2) is 4.98 Å². The molecule has 0 saturated carbocycles. The van der Waals surface area contributed by atoms with Crippen molar-refractivity contribution in [3.05, 3.63) is 33.5 Å². The van der Waals surface area contributed by atoms with E-state index in [1.807, 2.05) is 0 Å². The van der Waals surface area contributed by atoms with Gasteiger partial charge in [-0.2, -0.15) is 5.10 Å². The van der Waals surface area contributed by atoms with Crippen LogP contribution >= 0.6 is 11.3 Å². The van der Waals surface area contributed by atoms with Crippen LogP contribution < -0.4 is 0 Å². The first-order chi connectivity index (χ1) is 10.0. The Morgan fingerprint density at radius 1 is 1.38 bits per heavy atom. The number of rotatable bonds is 4. The standard InChI is InChI=1S/C16H24N4S/c1-11(2)20-9-14(12(3)18-20)8-19-7-5-6-16(19)15-10-21-13(4)17-15/h9-11,16H,5-8H2,1-4H3. The summed E-state index contributed by atoms with van der Waals surface area (Å²) in [6.07, 6.45) is 4.70. The zero-order valence-corrected chi connectivity index (χ0v) is 14.2. The number of hydrogen-bond acceptors (Lipinski definition) is 4. The number of aromatic nitrogens is 3. The molecule has 0 aliphatic carbocycles. The number of hydrogen-bond donors (Lipinski definition) is 0. The van der Waals surface area contributed by atoms with Gasteiger partial charge in [-0.05, 0) is 47.1 Å². The first kappa shape index (κ1) is 14.7. The molecule has 1 atom stereocenters. The summed E-state index contributed by atoms with van der Waals surface area (Å²) in [6.45, 7) is 10.7. The molecule has 0 N–H and O–H groups in total. The molecular formula is C16H24N4S. The fourth-order valence-corrected chi connectivity index (χ4v) is 3.70. The first-order valence-electron chi connectivity index (χ1n) is 7.75. The highest BCUT2D eigenvalue weighted by Crippen LogP contribution is 2.33. The number of likely N-dealkylation sites (tertiary alicyclic amines) is 1. The monoisotopic (exact) mass is 304 g/mol. The minimum Gasteiger partial charge on any atom is -0.290 e. The summed E-state index contributed by atoms with van der Waals surface area (Å²) in [5, 5.41) is 8.02. The summed E-state index contributed by atoms with van der Waals surface area (Å²) in [6, 6.07) is 0.907. The average molecular weight is 304 g/mol. The summed E-state index contributed by atoms with van der Waals surface area (Å²) in [4.78, 5) is 7.26. The smallest absolute Gasteiger partial charge is 0.0898 e. The van der Waals surface area contributed by atoms with E-state index in [9.17, 15) is 0 Å². The fourth-order valence-electron chi connectivity index (χ4n) is 3.04. The molecule has 21 heavy (non-hydrogen) atoms. The van der Waals surface area contributed by atoms with Crippen molar-refractivity contribution < 1.29 is 0 Å². The molecule has 0 radical (unpaired) electrons. The third-order valence-corrected chi connectivity index (χ3v) is 5.05. The van der Waals surface area contributed by atoms with Gasteiger partial charge in [-0.15, -0.1) is 11.3 Å². The second kappa shape index (κ2) is 5.89. The third kappa shape index (κ3) is 3.04. The largest absolute Gasteiger partial charge is 0.290 e. The Morgan fingerprint density at radius 3 is 2.81 bits per heavy atom. The van der Waals surface area contributed by atoms with Crippen LogP contribution in [0.1, 0.15) is 60.7 Å². The molecule has 0 bridgehead atoms. The predicted molar refractivity (Wildman–Crippen MR) is 86.6 cm³/mol. The number of aryl methyl sites for hydroxylation is 2. The van der Waals surface area contributed by atoms with Crippen molar-refractivity contribution in [3.8, 4) is 0 Å². The molecule has 1 unspecified atom stereocenters. The Labute approximate surface area is 130 Å². The van der Waals surface area contributed by atoms with E-state index in [4.69, 9.17) is 4.98 Å². The van der Waals surface area contributed by atoms with Crippen molar-refractivity contribution in [2.45, 2.75) is 59.2 Å². The van der Waals surface area contributed by atoms with Crippen LogP contribution in [0.4, 0.5) is 0 Å². The van der Waals surface area contributed by atoms with Gasteiger partial charge in [-0.1, -0.05) is 0 Å². The normalized spacial score (nSPS) is 19.8. The quantitative estimate of drug-likeness (QED) is 0.859. The van der Waals surface area contributed by atoms with Crippen LogP contribution in [-0.2, 0) is 6.54 Å². The predicted octanol–water partition coefficient (Wildman–Crippen LogP) is 3.87. The highest BCUT2D eigenvalue weighted by molar-refractivity contribution is 7.09. The molecule has 5 heteroatoms. The van der Waals surface area contributed by atoms with E-state index < -0.39 is 0 Å². The van der Waals surface area contributed by atoms with Crippen LogP contribution in [-0.4, -0.2) is 26.2 Å². The van der Waals surface area contributed by atoms with Crippen molar-refractivity contribution >= 4 is 11.3 Å². The maximum absolute atomic E-state index is 4.70. The lowest BCUT2D eigenvalue weighted by Crippen LogP contribution is -2.23. The zero-order valence-electron chi connectivity index (χ0n) is 13.3. The van der Waals surface area contributed by atoms with E-state index in [-0.39, 0.29) is 0 Å². The van der Waals surface area contributed by atoms with E-state index in [0.29, 0.717) is 12.1 Å². The Balaban J connectivity index is 1.77. The molecule has 3 rings (SSSR count). The fraction of sp³-hybridized carbons (Fsp3) is 0.625. The van der Waals surface area contributed by atoms with Crippen molar-refractivity contribution in [1.29, 1.82) is 0 Å². The first-order valence-corrected chi connectivity index (χ1v) is 8.63. The molecule has 1 aliphatic heterocycles. The summed E-state index contributed by atoms with van der Waals surface area (Å²) in [5.41, 5.74) is 3.76. The van der Waals surface area contributed by atoms with Crippen LogP contribution in [0.15, 0.2) is 11.6 Å². The van der Waals surface area contributed by atoms with Gasteiger partial charge >= 0.3 is 0 Å². The highest BCUT2D eigenvalue weighted by atomic mass is 32.1. The molecule has 0 spiro atoms. The third-order valence-electron chi connectivity index (χ3n) is 4.26. The summed E-state index contributed by atoms with van der Waals surface area (Å²) >= 11 is 1.76. The molecule has 0 amide bonds. The van der Waals surface area contributed by atoms with Crippen molar-refractivity contribution in [2.75, 3.05) is 6.54 Å². The van der Waals surface area contributed by atoms with Gasteiger partial charge in [0.15, 0.2) is 0 Å².